The van der Waals surface area contributed by atoms with Crippen LogP contribution in [0.1, 0.15) is 42.6 Å². The molecule has 0 N–H and O–H groups in total. The number of piperazine rings is 1. The zero-order valence-corrected chi connectivity index (χ0v) is 23.4. The number of benzene rings is 2. The third-order valence-electron chi connectivity index (χ3n) is 6.80. The molecule has 0 spiro atoms. The number of hydrazone groups is 1. The van der Waals surface area contributed by atoms with Gasteiger partial charge in [0, 0.05) is 50.9 Å². The summed E-state index contributed by atoms with van der Waals surface area (Å²) in [6.45, 7) is 8.55. The predicted octanol–water partition coefficient (Wildman–Crippen LogP) is 4.03. The van der Waals surface area contributed by atoms with Gasteiger partial charge in [-0.15, -0.1) is 0 Å². The topological polar surface area (TPSA) is 93.1 Å². The highest BCUT2D eigenvalue weighted by molar-refractivity contribution is 6.03. The molecule has 2 aliphatic heterocycles. The van der Waals surface area contributed by atoms with Gasteiger partial charge in [0.15, 0.2) is 11.5 Å². The van der Waals surface area contributed by atoms with Crippen LogP contribution in [0.3, 0.4) is 0 Å². The van der Waals surface area contributed by atoms with Crippen molar-refractivity contribution in [3.8, 4) is 17.2 Å². The van der Waals surface area contributed by atoms with Crippen molar-refractivity contribution in [1.82, 2.24) is 14.8 Å². The molecule has 4 rings (SSSR count). The second-order valence-corrected chi connectivity index (χ2v) is 9.39. The van der Waals surface area contributed by atoms with E-state index in [0.29, 0.717) is 89.2 Å². The number of rotatable bonds is 10. The fourth-order valence-electron chi connectivity index (χ4n) is 4.68. The van der Waals surface area contributed by atoms with E-state index in [1.807, 2.05) is 25.1 Å². The van der Waals surface area contributed by atoms with Gasteiger partial charge < -0.3 is 23.8 Å². The molecule has 11 heteroatoms. The van der Waals surface area contributed by atoms with E-state index in [1.54, 1.807) is 25.0 Å². The van der Waals surface area contributed by atoms with Crippen LogP contribution in [-0.2, 0) is 4.74 Å². The van der Waals surface area contributed by atoms with Crippen molar-refractivity contribution in [3.05, 3.63) is 53.3 Å². The molecule has 0 radical (unpaired) electrons. The maximum atomic E-state index is 15.0. The summed E-state index contributed by atoms with van der Waals surface area (Å²) < 4.78 is 36.8. The van der Waals surface area contributed by atoms with Crippen molar-refractivity contribution in [2.75, 3.05) is 66.2 Å². The van der Waals surface area contributed by atoms with Gasteiger partial charge in [0.2, 0.25) is 0 Å². The minimum absolute atomic E-state index is 0.0582. The van der Waals surface area contributed by atoms with E-state index in [2.05, 4.69) is 10.0 Å². The Bertz CT molecular complexity index is 1220. The highest BCUT2D eigenvalue weighted by atomic mass is 19.1. The first-order chi connectivity index (χ1) is 19.4. The summed E-state index contributed by atoms with van der Waals surface area (Å²) in [5.74, 6) is 0.420. The molecule has 0 atom stereocenters. The largest absolute Gasteiger partial charge is 0.493 e. The fraction of sp³-hybridized carbons (Fsp3) is 0.483. The van der Waals surface area contributed by atoms with Gasteiger partial charge >= 0.3 is 6.09 Å². The quantitative estimate of drug-likeness (QED) is 0.436. The number of nitrogens with zero attached hydrogens (tertiary/aromatic N) is 4. The van der Waals surface area contributed by atoms with E-state index in [4.69, 9.17) is 18.9 Å². The molecular weight excluding hydrogens is 519 g/mol. The SMILES string of the molecule is CCOC(=O)N1CCN(CCOc2ccc(C(=O)N3CCCC(c4ccc(OC)c(OCC)c4)=N3)c(F)c2)CC1. The van der Waals surface area contributed by atoms with Crippen LogP contribution in [0.15, 0.2) is 41.5 Å². The summed E-state index contributed by atoms with van der Waals surface area (Å²) in [6, 6.07) is 9.81. The lowest BCUT2D eigenvalue weighted by molar-refractivity contribution is 0.0746. The normalized spacial score (nSPS) is 15.8. The molecule has 1 saturated heterocycles. The zero-order chi connectivity index (χ0) is 28.5. The highest BCUT2D eigenvalue weighted by Crippen LogP contribution is 2.30. The van der Waals surface area contributed by atoms with Crippen molar-refractivity contribution >= 4 is 17.7 Å². The van der Waals surface area contributed by atoms with Crippen LogP contribution in [0, 0.1) is 5.82 Å². The van der Waals surface area contributed by atoms with Crippen molar-refractivity contribution < 1.29 is 32.9 Å². The first-order valence-electron chi connectivity index (χ1n) is 13.7. The summed E-state index contributed by atoms with van der Waals surface area (Å²) >= 11 is 0. The summed E-state index contributed by atoms with van der Waals surface area (Å²) in [4.78, 5) is 28.9. The summed E-state index contributed by atoms with van der Waals surface area (Å²) in [5.41, 5.74) is 1.50. The molecule has 0 unspecified atom stereocenters. The standard InChI is InChI=1S/C29H37FN4O6/c1-4-38-27-19-21(8-11-26(27)37-3)25-7-6-12-34(31-25)28(35)23-10-9-22(20-24(23)30)40-18-17-32-13-15-33(16-14-32)29(36)39-5-2/h8-11,19-20H,4-7,12-18H2,1-3H3. The second-order valence-electron chi connectivity index (χ2n) is 9.39. The van der Waals surface area contributed by atoms with Crippen LogP contribution in [0.2, 0.25) is 0 Å². The van der Waals surface area contributed by atoms with E-state index < -0.39 is 11.7 Å². The Hall–Kier alpha value is -3.86. The number of hydrogen-bond donors (Lipinski definition) is 0. The summed E-state index contributed by atoms with van der Waals surface area (Å²) in [5, 5.41) is 5.86. The molecular formula is C29H37FN4O6. The maximum Gasteiger partial charge on any atom is 0.409 e. The van der Waals surface area contributed by atoms with Crippen molar-refractivity contribution in [2.24, 2.45) is 5.10 Å². The summed E-state index contributed by atoms with van der Waals surface area (Å²) in [6.07, 6.45) is 1.11. The number of amides is 2. The Morgan fingerprint density at radius 1 is 0.950 bits per heavy atom. The molecule has 2 aliphatic rings. The average Bonchev–Trinajstić information content (AvgIpc) is 2.97. The minimum atomic E-state index is -0.657. The molecule has 2 heterocycles. The molecule has 2 aromatic rings. The molecule has 2 aromatic carbocycles. The molecule has 0 saturated carbocycles. The molecule has 2 amide bonds. The molecule has 0 bridgehead atoms. The van der Waals surface area contributed by atoms with E-state index in [9.17, 15) is 14.0 Å². The number of carbonyl (C=O) groups excluding carboxylic acids is 2. The van der Waals surface area contributed by atoms with E-state index in [0.717, 1.165) is 11.3 Å². The molecule has 216 valence electrons. The van der Waals surface area contributed by atoms with Crippen LogP contribution < -0.4 is 14.2 Å². The molecule has 1 fully saturated rings. The van der Waals surface area contributed by atoms with Crippen LogP contribution in [-0.4, -0.2) is 98.7 Å². The van der Waals surface area contributed by atoms with Gasteiger partial charge in [-0.1, -0.05) is 0 Å². The number of halogens is 1. The van der Waals surface area contributed by atoms with Gasteiger partial charge in [-0.05, 0) is 57.0 Å². The van der Waals surface area contributed by atoms with E-state index in [1.165, 1.54) is 17.1 Å². The van der Waals surface area contributed by atoms with Gasteiger partial charge in [0.1, 0.15) is 18.2 Å². The van der Waals surface area contributed by atoms with E-state index in [-0.39, 0.29) is 11.7 Å². The van der Waals surface area contributed by atoms with Crippen molar-refractivity contribution in [3.63, 3.8) is 0 Å². The van der Waals surface area contributed by atoms with Gasteiger partial charge in [0.25, 0.3) is 5.91 Å². The predicted molar refractivity (Wildman–Crippen MR) is 148 cm³/mol. The van der Waals surface area contributed by atoms with Gasteiger partial charge in [-0.3, -0.25) is 9.69 Å². The Kier molecular flexibility index (Phi) is 10.2. The first-order valence-corrected chi connectivity index (χ1v) is 13.7. The molecule has 10 nitrogen and oxygen atoms in total. The lowest BCUT2D eigenvalue weighted by Gasteiger charge is -2.33. The molecule has 0 aliphatic carbocycles. The monoisotopic (exact) mass is 556 g/mol. The number of ether oxygens (including phenoxy) is 4. The van der Waals surface area contributed by atoms with Gasteiger partial charge in [-0.25, -0.2) is 14.2 Å². The third-order valence-corrected chi connectivity index (χ3v) is 6.80. The van der Waals surface area contributed by atoms with Crippen molar-refractivity contribution in [2.45, 2.75) is 26.7 Å². The number of carbonyl (C=O) groups is 2. The van der Waals surface area contributed by atoms with Crippen LogP contribution in [0.4, 0.5) is 9.18 Å². The highest BCUT2D eigenvalue weighted by Gasteiger charge is 2.25. The second kappa shape index (κ2) is 14.0. The Morgan fingerprint density at radius 3 is 2.45 bits per heavy atom. The van der Waals surface area contributed by atoms with E-state index >= 15 is 0 Å². The third kappa shape index (κ3) is 7.20. The van der Waals surface area contributed by atoms with Crippen LogP contribution in [0.5, 0.6) is 17.2 Å². The van der Waals surface area contributed by atoms with Gasteiger partial charge in [0.05, 0.1) is 31.6 Å². The van der Waals surface area contributed by atoms with Gasteiger partial charge in [-0.2, -0.15) is 5.10 Å². The minimum Gasteiger partial charge on any atom is -0.493 e. The Labute approximate surface area is 234 Å². The Morgan fingerprint density at radius 2 is 1.75 bits per heavy atom. The van der Waals surface area contributed by atoms with Crippen LogP contribution in [0.25, 0.3) is 0 Å². The fourth-order valence-corrected chi connectivity index (χ4v) is 4.68. The zero-order valence-electron chi connectivity index (χ0n) is 23.4. The number of methoxy groups -OCH3 is 1. The average molecular weight is 557 g/mol. The first kappa shape index (κ1) is 29.1. The number of hydrogen-bond acceptors (Lipinski definition) is 8. The lowest BCUT2D eigenvalue weighted by Crippen LogP contribution is -2.49. The van der Waals surface area contributed by atoms with Crippen LogP contribution >= 0.6 is 0 Å². The lowest BCUT2D eigenvalue weighted by atomic mass is 10.0. The molecule has 0 aromatic heterocycles. The molecule has 40 heavy (non-hydrogen) atoms. The van der Waals surface area contributed by atoms with Crippen molar-refractivity contribution in [1.29, 1.82) is 0 Å². The summed E-state index contributed by atoms with van der Waals surface area (Å²) in [7, 11) is 1.58. The maximum absolute atomic E-state index is 15.0. The Balaban J connectivity index is 1.33. The smallest absolute Gasteiger partial charge is 0.409 e.